The molecule has 6 nitrogen and oxygen atoms in total. The zero-order valence-corrected chi connectivity index (χ0v) is 15.0. The van der Waals surface area contributed by atoms with E-state index in [1.807, 2.05) is 4.68 Å². The third kappa shape index (κ3) is 4.05. The minimum absolute atomic E-state index is 0.140. The fourth-order valence-electron chi connectivity index (χ4n) is 3.32. The second-order valence-corrected chi connectivity index (χ2v) is 7.37. The highest BCUT2D eigenvalue weighted by Gasteiger charge is 2.38. The quantitative estimate of drug-likeness (QED) is 0.875. The standard InChI is InChI=1S/C17H30N4O2/c1-6-14-13(10-18-21(14)11-12(2)3)19-16(22)20-9-7-8-15(20)17(4,5)23/h10,12,15,23H,6-9,11H2,1-5H3,(H,19,22). The van der Waals surface area contributed by atoms with Crippen LogP contribution in [0.2, 0.25) is 0 Å². The zero-order valence-electron chi connectivity index (χ0n) is 15.0. The number of rotatable bonds is 5. The summed E-state index contributed by atoms with van der Waals surface area (Å²) in [7, 11) is 0. The first kappa shape index (κ1) is 17.8. The van der Waals surface area contributed by atoms with Crippen molar-refractivity contribution in [2.24, 2.45) is 5.92 Å². The predicted molar refractivity (Wildman–Crippen MR) is 91.5 cm³/mol. The summed E-state index contributed by atoms with van der Waals surface area (Å²) >= 11 is 0. The monoisotopic (exact) mass is 322 g/mol. The van der Waals surface area contributed by atoms with Crippen LogP contribution >= 0.6 is 0 Å². The lowest BCUT2D eigenvalue weighted by molar-refractivity contribution is 0.0117. The molecular weight excluding hydrogens is 292 g/mol. The number of nitrogens with one attached hydrogen (secondary N) is 1. The summed E-state index contributed by atoms with van der Waals surface area (Å²) in [5.41, 5.74) is 0.939. The minimum Gasteiger partial charge on any atom is -0.388 e. The van der Waals surface area contributed by atoms with Crippen LogP contribution in [0.15, 0.2) is 6.20 Å². The normalized spacial score (nSPS) is 18.7. The third-order valence-corrected chi connectivity index (χ3v) is 4.39. The molecule has 2 N–H and O–H groups in total. The molecule has 1 aromatic heterocycles. The summed E-state index contributed by atoms with van der Waals surface area (Å²) in [5.74, 6) is 0.502. The van der Waals surface area contributed by atoms with E-state index in [9.17, 15) is 9.90 Å². The van der Waals surface area contributed by atoms with E-state index in [0.29, 0.717) is 12.5 Å². The Kier molecular flexibility index (Phi) is 5.34. The number of aliphatic hydroxyl groups is 1. The molecule has 0 spiro atoms. The van der Waals surface area contributed by atoms with Crippen LogP contribution in [-0.2, 0) is 13.0 Å². The summed E-state index contributed by atoms with van der Waals surface area (Å²) in [6, 6.07) is -0.285. The first-order valence-corrected chi connectivity index (χ1v) is 8.58. The van der Waals surface area contributed by atoms with Gasteiger partial charge < -0.3 is 15.3 Å². The van der Waals surface area contributed by atoms with Gasteiger partial charge in [-0.05, 0) is 39.0 Å². The molecular formula is C17H30N4O2. The molecule has 1 aliphatic heterocycles. The molecule has 2 rings (SSSR count). The third-order valence-electron chi connectivity index (χ3n) is 4.39. The average Bonchev–Trinajstić information content (AvgIpc) is 3.04. The molecule has 0 saturated carbocycles. The van der Waals surface area contributed by atoms with E-state index in [2.05, 4.69) is 31.2 Å². The van der Waals surface area contributed by atoms with Gasteiger partial charge in [-0.1, -0.05) is 20.8 Å². The second-order valence-electron chi connectivity index (χ2n) is 7.37. The minimum atomic E-state index is -0.886. The number of carbonyl (C=O) groups excluding carboxylic acids is 1. The van der Waals surface area contributed by atoms with Gasteiger partial charge in [0, 0.05) is 13.1 Å². The van der Waals surface area contributed by atoms with E-state index < -0.39 is 5.60 Å². The lowest BCUT2D eigenvalue weighted by Gasteiger charge is -2.33. The van der Waals surface area contributed by atoms with Crippen molar-refractivity contribution in [3.8, 4) is 0 Å². The molecule has 0 bridgehead atoms. The maximum Gasteiger partial charge on any atom is 0.322 e. The maximum atomic E-state index is 12.6. The summed E-state index contributed by atoms with van der Waals surface area (Å²) in [4.78, 5) is 14.4. The van der Waals surface area contributed by atoms with Crippen LogP contribution in [0.3, 0.4) is 0 Å². The van der Waals surface area contributed by atoms with Gasteiger partial charge in [-0.3, -0.25) is 4.68 Å². The van der Waals surface area contributed by atoms with Crippen LogP contribution < -0.4 is 5.32 Å². The number of aromatic nitrogens is 2. The summed E-state index contributed by atoms with van der Waals surface area (Å²) in [6.07, 6.45) is 4.31. The van der Waals surface area contributed by atoms with E-state index in [1.54, 1.807) is 24.9 Å². The molecule has 0 radical (unpaired) electrons. The molecule has 23 heavy (non-hydrogen) atoms. The Labute approximate surface area is 138 Å². The molecule has 6 heteroatoms. The van der Waals surface area contributed by atoms with E-state index in [-0.39, 0.29) is 12.1 Å². The van der Waals surface area contributed by atoms with Crippen molar-refractivity contribution in [3.05, 3.63) is 11.9 Å². The topological polar surface area (TPSA) is 70.4 Å². The van der Waals surface area contributed by atoms with Gasteiger partial charge in [0.15, 0.2) is 0 Å². The molecule has 2 heterocycles. The van der Waals surface area contributed by atoms with Crippen molar-refractivity contribution in [2.45, 2.75) is 72.1 Å². The smallest absolute Gasteiger partial charge is 0.322 e. The highest BCUT2D eigenvalue weighted by Crippen LogP contribution is 2.28. The van der Waals surface area contributed by atoms with Crippen LogP contribution in [0.25, 0.3) is 0 Å². The highest BCUT2D eigenvalue weighted by molar-refractivity contribution is 5.90. The summed E-state index contributed by atoms with van der Waals surface area (Å²) in [5, 5.41) is 17.7. The Bertz CT molecular complexity index is 545. The largest absolute Gasteiger partial charge is 0.388 e. The molecule has 0 aliphatic carbocycles. The maximum absolute atomic E-state index is 12.6. The summed E-state index contributed by atoms with van der Waals surface area (Å²) < 4.78 is 1.97. The van der Waals surface area contributed by atoms with Gasteiger partial charge in [-0.25, -0.2) is 4.79 Å². The van der Waals surface area contributed by atoms with Gasteiger partial charge >= 0.3 is 6.03 Å². The van der Waals surface area contributed by atoms with Crippen LogP contribution in [0, 0.1) is 5.92 Å². The molecule has 1 atom stereocenters. The van der Waals surface area contributed by atoms with Crippen molar-refractivity contribution in [2.75, 3.05) is 11.9 Å². The number of urea groups is 1. The Morgan fingerprint density at radius 1 is 1.52 bits per heavy atom. The van der Waals surface area contributed by atoms with Crippen molar-refractivity contribution in [3.63, 3.8) is 0 Å². The van der Waals surface area contributed by atoms with Gasteiger partial charge in [0.25, 0.3) is 0 Å². The number of hydrogen-bond donors (Lipinski definition) is 2. The molecule has 130 valence electrons. The fourth-order valence-corrected chi connectivity index (χ4v) is 3.32. The number of likely N-dealkylation sites (tertiary alicyclic amines) is 1. The Balaban J connectivity index is 2.13. The van der Waals surface area contributed by atoms with Crippen LogP contribution in [0.1, 0.15) is 53.2 Å². The van der Waals surface area contributed by atoms with Crippen molar-refractivity contribution in [1.29, 1.82) is 0 Å². The molecule has 1 fully saturated rings. The van der Waals surface area contributed by atoms with E-state index in [0.717, 1.165) is 37.2 Å². The zero-order chi connectivity index (χ0) is 17.2. The highest BCUT2D eigenvalue weighted by atomic mass is 16.3. The van der Waals surface area contributed by atoms with Crippen molar-refractivity contribution < 1.29 is 9.90 Å². The van der Waals surface area contributed by atoms with Crippen LogP contribution in [0.5, 0.6) is 0 Å². The number of anilines is 1. The number of hydrogen-bond acceptors (Lipinski definition) is 3. The van der Waals surface area contributed by atoms with E-state index in [4.69, 9.17) is 0 Å². The average molecular weight is 322 g/mol. The van der Waals surface area contributed by atoms with Gasteiger partial charge in [0.05, 0.1) is 29.2 Å². The van der Waals surface area contributed by atoms with E-state index in [1.165, 1.54) is 0 Å². The first-order chi connectivity index (χ1) is 10.7. The number of nitrogens with zero attached hydrogens (tertiary/aromatic N) is 3. The Hall–Kier alpha value is -1.56. The van der Waals surface area contributed by atoms with Crippen LogP contribution in [0.4, 0.5) is 10.5 Å². The molecule has 1 saturated heterocycles. The molecule has 1 aromatic rings. The molecule has 1 aliphatic rings. The Morgan fingerprint density at radius 2 is 2.22 bits per heavy atom. The van der Waals surface area contributed by atoms with Gasteiger partial charge in [0.2, 0.25) is 0 Å². The second kappa shape index (κ2) is 6.91. The predicted octanol–water partition coefficient (Wildman–Crippen LogP) is 2.87. The molecule has 0 aromatic carbocycles. The number of carbonyl (C=O) groups is 1. The lowest BCUT2D eigenvalue weighted by Crippen LogP contribution is -2.49. The summed E-state index contributed by atoms with van der Waals surface area (Å²) in [6.45, 7) is 11.4. The van der Waals surface area contributed by atoms with E-state index >= 15 is 0 Å². The van der Waals surface area contributed by atoms with Gasteiger partial charge in [0.1, 0.15) is 0 Å². The van der Waals surface area contributed by atoms with Gasteiger partial charge in [-0.15, -0.1) is 0 Å². The Morgan fingerprint density at radius 3 is 2.78 bits per heavy atom. The SMILES string of the molecule is CCc1c(NC(=O)N2CCCC2C(C)(C)O)cnn1CC(C)C. The van der Waals surface area contributed by atoms with Crippen molar-refractivity contribution in [1.82, 2.24) is 14.7 Å². The van der Waals surface area contributed by atoms with Crippen LogP contribution in [-0.4, -0.2) is 44.0 Å². The molecule has 1 unspecified atom stereocenters. The van der Waals surface area contributed by atoms with Gasteiger partial charge in [-0.2, -0.15) is 5.10 Å². The lowest BCUT2D eigenvalue weighted by atomic mass is 9.97. The van der Waals surface area contributed by atoms with Crippen molar-refractivity contribution >= 4 is 11.7 Å². The first-order valence-electron chi connectivity index (χ1n) is 8.58. The fraction of sp³-hybridized carbons (Fsp3) is 0.765. The number of amides is 2. The molecule has 2 amide bonds.